The predicted octanol–water partition coefficient (Wildman–Crippen LogP) is 1.76. The molecule has 0 aliphatic rings. The van der Waals surface area contributed by atoms with E-state index in [0.717, 1.165) is 5.57 Å². The Hall–Kier alpha value is -1.41. The Labute approximate surface area is 79.1 Å². The highest BCUT2D eigenvalue weighted by Crippen LogP contribution is 1.98. The molecule has 0 spiro atoms. The summed E-state index contributed by atoms with van der Waals surface area (Å²) in [7, 11) is 0. The zero-order chi connectivity index (χ0) is 10.1. The lowest BCUT2D eigenvalue weighted by molar-refractivity contribution is -0.114. The average molecular weight is 177 g/mol. The second-order valence-corrected chi connectivity index (χ2v) is 2.44. The van der Waals surface area contributed by atoms with Crippen LogP contribution >= 0.6 is 0 Å². The first-order valence-electron chi connectivity index (χ1n) is 4.10. The van der Waals surface area contributed by atoms with E-state index in [1.54, 1.807) is 24.3 Å². The van der Waals surface area contributed by atoms with Crippen LogP contribution in [0, 0.1) is 0 Å². The molecule has 0 fully saturated rings. The van der Waals surface area contributed by atoms with Gasteiger partial charge in [0.05, 0.1) is 0 Å². The van der Waals surface area contributed by atoms with Gasteiger partial charge < -0.3 is 5.73 Å². The molecule has 0 aliphatic heterocycles. The van der Waals surface area contributed by atoms with Crippen molar-refractivity contribution < 1.29 is 4.79 Å². The van der Waals surface area contributed by atoms with E-state index in [4.69, 9.17) is 5.73 Å². The molecular formula is C11H15NO. The Bertz CT molecular complexity index is 249. The number of hydrogen-bond donors (Lipinski definition) is 1. The smallest absolute Gasteiger partial charge is 0.156 e. The third-order valence-corrected chi connectivity index (χ3v) is 1.40. The maximum atomic E-state index is 11.0. The molecule has 0 aliphatic carbocycles. The van der Waals surface area contributed by atoms with Gasteiger partial charge in [-0.25, -0.2) is 0 Å². The summed E-state index contributed by atoms with van der Waals surface area (Å²) < 4.78 is 0. The van der Waals surface area contributed by atoms with E-state index < -0.39 is 0 Å². The highest BCUT2D eigenvalue weighted by molar-refractivity contribution is 5.90. The highest BCUT2D eigenvalue weighted by atomic mass is 16.1. The van der Waals surface area contributed by atoms with Crippen LogP contribution in [0.5, 0.6) is 0 Å². The van der Waals surface area contributed by atoms with Gasteiger partial charge in [0.15, 0.2) is 5.78 Å². The molecule has 0 radical (unpaired) electrons. The van der Waals surface area contributed by atoms with Crippen molar-refractivity contribution in [2.45, 2.75) is 6.42 Å². The first-order valence-corrected chi connectivity index (χ1v) is 4.10. The molecule has 2 N–H and O–H groups in total. The third kappa shape index (κ3) is 5.82. The van der Waals surface area contributed by atoms with Gasteiger partial charge in [0.25, 0.3) is 0 Å². The van der Waals surface area contributed by atoms with Gasteiger partial charge in [0.2, 0.25) is 0 Å². The summed E-state index contributed by atoms with van der Waals surface area (Å²) in [6, 6.07) is 0. The van der Waals surface area contributed by atoms with Gasteiger partial charge in [-0.1, -0.05) is 37.5 Å². The number of carbonyl (C=O) groups is 1. The molecule has 0 bridgehead atoms. The first-order chi connectivity index (χ1) is 6.24. The minimum Gasteiger partial charge on any atom is -0.330 e. The number of carbonyl (C=O) groups excluding carboxylic acids is 1. The summed E-state index contributed by atoms with van der Waals surface area (Å²) in [4.78, 5) is 11.0. The molecule has 0 rings (SSSR count). The minimum absolute atomic E-state index is 0.0271. The van der Waals surface area contributed by atoms with E-state index in [-0.39, 0.29) is 5.78 Å². The molecule has 13 heavy (non-hydrogen) atoms. The fraction of sp³-hybridized carbons (Fsp3) is 0.182. The quantitative estimate of drug-likeness (QED) is 0.496. The standard InChI is InChI=1S/C11H15NO/c1-3-5-10(4-2)6-7-11(13)8-9-12/h3-7H,1-2,8-9,12H2/b7-6+,10-5+. The van der Waals surface area contributed by atoms with Crippen molar-refractivity contribution in [2.75, 3.05) is 6.54 Å². The maximum Gasteiger partial charge on any atom is 0.156 e. The minimum atomic E-state index is 0.0271. The fourth-order valence-corrected chi connectivity index (χ4v) is 0.742. The lowest BCUT2D eigenvalue weighted by atomic mass is 10.2. The van der Waals surface area contributed by atoms with Crippen molar-refractivity contribution in [3.05, 3.63) is 49.1 Å². The van der Waals surface area contributed by atoms with Crippen molar-refractivity contribution in [3.8, 4) is 0 Å². The molecule has 2 nitrogen and oxygen atoms in total. The second kappa shape index (κ2) is 7.25. The summed E-state index contributed by atoms with van der Waals surface area (Å²) >= 11 is 0. The number of allylic oxidation sites excluding steroid dienone is 6. The van der Waals surface area contributed by atoms with Gasteiger partial charge >= 0.3 is 0 Å². The lowest BCUT2D eigenvalue weighted by Gasteiger charge is -1.91. The fourth-order valence-electron chi connectivity index (χ4n) is 0.742. The molecule has 0 aromatic heterocycles. The van der Waals surface area contributed by atoms with Crippen molar-refractivity contribution in [1.82, 2.24) is 0 Å². The molecule has 0 saturated heterocycles. The van der Waals surface area contributed by atoms with Crippen LogP contribution < -0.4 is 5.73 Å². The molecule has 2 heteroatoms. The Morgan fingerprint density at radius 1 is 1.31 bits per heavy atom. The van der Waals surface area contributed by atoms with Crippen molar-refractivity contribution in [1.29, 1.82) is 0 Å². The predicted molar refractivity (Wildman–Crippen MR) is 56.3 cm³/mol. The van der Waals surface area contributed by atoms with Crippen LogP contribution in [-0.4, -0.2) is 12.3 Å². The molecule has 0 amide bonds. The molecular weight excluding hydrogens is 162 g/mol. The zero-order valence-corrected chi connectivity index (χ0v) is 7.70. The second-order valence-electron chi connectivity index (χ2n) is 2.44. The highest BCUT2D eigenvalue weighted by Gasteiger charge is 1.92. The largest absolute Gasteiger partial charge is 0.330 e. The molecule has 0 heterocycles. The molecule has 0 aromatic carbocycles. The lowest BCUT2D eigenvalue weighted by Crippen LogP contribution is -2.04. The maximum absolute atomic E-state index is 11.0. The molecule has 0 unspecified atom stereocenters. The Balaban J connectivity index is 4.22. The third-order valence-electron chi connectivity index (χ3n) is 1.40. The summed E-state index contributed by atoms with van der Waals surface area (Å²) in [6.45, 7) is 7.54. The van der Waals surface area contributed by atoms with Gasteiger partial charge in [0, 0.05) is 6.42 Å². The summed E-state index contributed by atoms with van der Waals surface area (Å²) in [5.74, 6) is 0.0271. The van der Waals surface area contributed by atoms with Crippen LogP contribution in [0.1, 0.15) is 6.42 Å². The van der Waals surface area contributed by atoms with Crippen LogP contribution in [0.15, 0.2) is 49.1 Å². The Morgan fingerprint density at radius 2 is 2.00 bits per heavy atom. The van der Waals surface area contributed by atoms with E-state index in [1.807, 2.05) is 0 Å². The average Bonchev–Trinajstić information content (AvgIpc) is 2.12. The van der Waals surface area contributed by atoms with Gasteiger partial charge in [-0.15, -0.1) is 0 Å². The molecule has 0 saturated carbocycles. The Kier molecular flexibility index (Phi) is 6.46. The van der Waals surface area contributed by atoms with Crippen LogP contribution in [-0.2, 0) is 4.79 Å². The molecule has 0 atom stereocenters. The summed E-state index contributed by atoms with van der Waals surface area (Å²) in [6.07, 6.45) is 8.67. The number of hydrogen-bond acceptors (Lipinski definition) is 2. The zero-order valence-electron chi connectivity index (χ0n) is 7.70. The summed E-state index contributed by atoms with van der Waals surface area (Å²) in [5, 5.41) is 0. The van der Waals surface area contributed by atoms with Crippen molar-refractivity contribution in [3.63, 3.8) is 0 Å². The number of ketones is 1. The van der Waals surface area contributed by atoms with Crippen LogP contribution in [0.2, 0.25) is 0 Å². The van der Waals surface area contributed by atoms with E-state index in [1.165, 1.54) is 6.08 Å². The SMILES string of the molecule is C=C/C=C(C=C)/C=C/C(=O)CCN. The van der Waals surface area contributed by atoms with E-state index in [2.05, 4.69) is 13.2 Å². The van der Waals surface area contributed by atoms with E-state index >= 15 is 0 Å². The van der Waals surface area contributed by atoms with Gasteiger partial charge in [-0.2, -0.15) is 0 Å². The summed E-state index contributed by atoms with van der Waals surface area (Å²) in [5.41, 5.74) is 6.08. The van der Waals surface area contributed by atoms with Crippen LogP contribution in [0.3, 0.4) is 0 Å². The number of rotatable bonds is 6. The van der Waals surface area contributed by atoms with E-state index in [9.17, 15) is 4.79 Å². The van der Waals surface area contributed by atoms with Gasteiger partial charge in [-0.05, 0) is 18.2 Å². The first kappa shape index (κ1) is 11.6. The monoisotopic (exact) mass is 177 g/mol. The molecule has 0 aromatic rings. The molecule has 70 valence electrons. The van der Waals surface area contributed by atoms with Crippen LogP contribution in [0.4, 0.5) is 0 Å². The van der Waals surface area contributed by atoms with E-state index in [0.29, 0.717) is 13.0 Å². The topological polar surface area (TPSA) is 43.1 Å². The Morgan fingerprint density at radius 3 is 2.46 bits per heavy atom. The van der Waals surface area contributed by atoms with Crippen LogP contribution in [0.25, 0.3) is 0 Å². The van der Waals surface area contributed by atoms with Crippen molar-refractivity contribution >= 4 is 5.78 Å². The normalized spacial score (nSPS) is 11.6. The van der Waals surface area contributed by atoms with Gasteiger partial charge in [-0.3, -0.25) is 4.79 Å². The van der Waals surface area contributed by atoms with Gasteiger partial charge in [0.1, 0.15) is 0 Å². The van der Waals surface area contributed by atoms with Crippen molar-refractivity contribution in [2.24, 2.45) is 5.73 Å². The number of nitrogens with two attached hydrogens (primary N) is 1.